The first-order valence-corrected chi connectivity index (χ1v) is 8.97. The van der Waals surface area contributed by atoms with Gasteiger partial charge in [-0.1, -0.05) is 39.0 Å². The monoisotopic (exact) mass is 335 g/mol. The summed E-state index contributed by atoms with van der Waals surface area (Å²) < 4.78 is 10.00. The van der Waals surface area contributed by atoms with Crippen LogP contribution in [0, 0.1) is 0 Å². The van der Waals surface area contributed by atoms with Gasteiger partial charge in [0, 0.05) is 6.20 Å². The van der Waals surface area contributed by atoms with E-state index in [-0.39, 0.29) is 24.5 Å². The van der Waals surface area contributed by atoms with Gasteiger partial charge in [-0.3, -0.25) is 0 Å². The van der Waals surface area contributed by atoms with E-state index in [9.17, 15) is 9.59 Å². The molecule has 0 spiro atoms. The molecule has 0 aromatic carbocycles. The third kappa shape index (κ3) is 6.69. The zero-order valence-electron chi connectivity index (χ0n) is 15.1. The van der Waals surface area contributed by atoms with Crippen LogP contribution in [-0.2, 0) is 15.9 Å². The minimum atomic E-state index is -0.591. The molecule has 0 saturated heterocycles. The average Bonchev–Trinajstić information content (AvgIpc) is 2.58. The number of nitrogens with zero attached hydrogens (tertiary/aromatic N) is 1. The summed E-state index contributed by atoms with van der Waals surface area (Å²) in [6, 6.07) is 1.71. The minimum absolute atomic E-state index is 0.0296. The van der Waals surface area contributed by atoms with Crippen molar-refractivity contribution in [3.63, 3.8) is 0 Å². The van der Waals surface area contributed by atoms with Crippen LogP contribution in [0.4, 0.5) is 0 Å². The van der Waals surface area contributed by atoms with E-state index in [0.717, 1.165) is 24.8 Å². The highest BCUT2D eigenvalue weighted by molar-refractivity contribution is 6.01. The van der Waals surface area contributed by atoms with E-state index < -0.39 is 11.9 Å². The number of rotatable bonds is 11. The van der Waals surface area contributed by atoms with Gasteiger partial charge in [-0.25, -0.2) is 14.6 Å². The van der Waals surface area contributed by atoms with Gasteiger partial charge in [0.2, 0.25) is 0 Å². The van der Waals surface area contributed by atoms with Crippen LogP contribution in [-0.4, -0.2) is 30.1 Å². The fourth-order valence-electron chi connectivity index (χ4n) is 2.48. The number of esters is 2. The largest absolute Gasteiger partial charge is 0.462 e. The van der Waals surface area contributed by atoms with E-state index >= 15 is 0 Å². The molecule has 0 unspecified atom stereocenters. The quantitative estimate of drug-likeness (QED) is 0.444. The highest BCUT2D eigenvalue weighted by Crippen LogP contribution is 2.15. The molecule has 0 aliphatic heterocycles. The van der Waals surface area contributed by atoms with E-state index in [2.05, 4.69) is 11.9 Å². The van der Waals surface area contributed by atoms with E-state index in [1.807, 2.05) is 0 Å². The van der Waals surface area contributed by atoms with E-state index in [0.29, 0.717) is 0 Å². The van der Waals surface area contributed by atoms with Gasteiger partial charge in [-0.2, -0.15) is 0 Å². The molecule has 134 valence electrons. The number of carbonyl (C=O) groups is 2. The van der Waals surface area contributed by atoms with Crippen molar-refractivity contribution in [1.82, 2.24) is 4.98 Å². The normalized spacial score (nSPS) is 10.5. The van der Waals surface area contributed by atoms with Crippen LogP contribution >= 0.6 is 0 Å². The Morgan fingerprint density at radius 1 is 0.917 bits per heavy atom. The number of aryl methyl sites for hydroxylation is 1. The van der Waals surface area contributed by atoms with Gasteiger partial charge >= 0.3 is 11.9 Å². The van der Waals surface area contributed by atoms with Crippen molar-refractivity contribution in [2.45, 2.75) is 65.7 Å². The molecule has 0 radical (unpaired) electrons. The fraction of sp³-hybridized carbons (Fsp3) is 0.632. The molecule has 5 nitrogen and oxygen atoms in total. The molecule has 0 amide bonds. The van der Waals surface area contributed by atoms with E-state index in [4.69, 9.17) is 9.47 Å². The van der Waals surface area contributed by atoms with Gasteiger partial charge < -0.3 is 9.47 Å². The SMILES string of the molecule is CCCCCCCCc1cnc(C(=O)OCC)c(C(=O)OCC)c1. The molecule has 0 aliphatic rings. The lowest BCUT2D eigenvalue weighted by atomic mass is 10.0. The van der Waals surface area contributed by atoms with Gasteiger partial charge in [0.05, 0.1) is 18.8 Å². The molecule has 5 heteroatoms. The molecule has 1 heterocycles. The number of hydrogen-bond donors (Lipinski definition) is 0. The van der Waals surface area contributed by atoms with Crippen LogP contribution < -0.4 is 0 Å². The molecule has 0 aliphatic carbocycles. The standard InChI is InChI=1S/C19H29NO4/c1-4-7-8-9-10-11-12-15-13-16(18(21)23-5-2)17(20-14-15)19(22)24-6-3/h13-14H,4-12H2,1-3H3. The Bertz CT molecular complexity index is 528. The lowest BCUT2D eigenvalue weighted by molar-refractivity contribution is 0.0473. The second kappa shape index (κ2) is 11.6. The van der Waals surface area contributed by atoms with Crippen molar-refractivity contribution in [3.05, 3.63) is 29.1 Å². The fourth-order valence-corrected chi connectivity index (χ4v) is 2.48. The Kier molecular flexibility index (Phi) is 9.73. The second-order valence-corrected chi connectivity index (χ2v) is 5.70. The first kappa shape index (κ1) is 20.1. The van der Waals surface area contributed by atoms with Gasteiger partial charge in [0.25, 0.3) is 0 Å². The maximum Gasteiger partial charge on any atom is 0.357 e. The van der Waals surface area contributed by atoms with Gasteiger partial charge in [-0.05, 0) is 38.3 Å². The van der Waals surface area contributed by atoms with Crippen molar-refractivity contribution in [1.29, 1.82) is 0 Å². The zero-order chi connectivity index (χ0) is 17.8. The number of hydrogen-bond acceptors (Lipinski definition) is 5. The van der Waals surface area contributed by atoms with Crippen LogP contribution in [0.3, 0.4) is 0 Å². The highest BCUT2D eigenvalue weighted by Gasteiger charge is 2.21. The van der Waals surface area contributed by atoms with Crippen LogP contribution in [0.2, 0.25) is 0 Å². The molecule has 0 atom stereocenters. The van der Waals surface area contributed by atoms with Crippen molar-refractivity contribution in [2.75, 3.05) is 13.2 Å². The molecular weight excluding hydrogens is 306 g/mol. The number of carbonyl (C=O) groups excluding carboxylic acids is 2. The minimum Gasteiger partial charge on any atom is -0.462 e. The highest BCUT2D eigenvalue weighted by atomic mass is 16.5. The van der Waals surface area contributed by atoms with Crippen molar-refractivity contribution >= 4 is 11.9 Å². The van der Waals surface area contributed by atoms with Crippen molar-refractivity contribution in [3.8, 4) is 0 Å². The van der Waals surface area contributed by atoms with Crippen LogP contribution in [0.25, 0.3) is 0 Å². The third-order valence-corrected chi connectivity index (χ3v) is 3.73. The Morgan fingerprint density at radius 3 is 2.21 bits per heavy atom. The Balaban J connectivity index is 2.76. The number of pyridine rings is 1. The molecule has 1 rings (SSSR count). The predicted octanol–water partition coefficient (Wildman–Crippen LogP) is 4.34. The van der Waals surface area contributed by atoms with Crippen LogP contribution in [0.15, 0.2) is 12.3 Å². The Labute approximate surface area is 144 Å². The first-order valence-electron chi connectivity index (χ1n) is 8.97. The lowest BCUT2D eigenvalue weighted by Crippen LogP contribution is -2.16. The number of aromatic nitrogens is 1. The predicted molar refractivity (Wildman–Crippen MR) is 93.2 cm³/mol. The zero-order valence-corrected chi connectivity index (χ0v) is 15.1. The smallest absolute Gasteiger partial charge is 0.357 e. The summed E-state index contributed by atoms with van der Waals surface area (Å²) in [6.07, 6.45) is 9.72. The second-order valence-electron chi connectivity index (χ2n) is 5.70. The molecule has 0 saturated carbocycles. The van der Waals surface area contributed by atoms with Gasteiger partial charge in [-0.15, -0.1) is 0 Å². The van der Waals surface area contributed by atoms with E-state index in [1.165, 1.54) is 25.7 Å². The topological polar surface area (TPSA) is 65.5 Å². The Morgan fingerprint density at radius 2 is 1.54 bits per heavy atom. The van der Waals surface area contributed by atoms with Crippen molar-refractivity contribution in [2.24, 2.45) is 0 Å². The summed E-state index contributed by atoms with van der Waals surface area (Å²) in [5.41, 5.74) is 1.17. The Hall–Kier alpha value is -1.91. The maximum absolute atomic E-state index is 12.1. The van der Waals surface area contributed by atoms with Crippen LogP contribution in [0.1, 0.15) is 85.7 Å². The molecule has 24 heavy (non-hydrogen) atoms. The molecule has 1 aromatic rings. The number of ether oxygens (including phenoxy) is 2. The van der Waals surface area contributed by atoms with E-state index in [1.54, 1.807) is 26.1 Å². The first-order chi connectivity index (χ1) is 11.6. The summed E-state index contributed by atoms with van der Waals surface area (Å²) in [7, 11) is 0. The molecule has 1 aromatic heterocycles. The molecule has 0 N–H and O–H groups in total. The lowest BCUT2D eigenvalue weighted by Gasteiger charge is -2.10. The summed E-state index contributed by atoms with van der Waals surface area (Å²) in [5, 5.41) is 0. The molecule has 0 fully saturated rings. The summed E-state index contributed by atoms with van der Waals surface area (Å²) in [4.78, 5) is 28.2. The average molecular weight is 335 g/mol. The third-order valence-electron chi connectivity index (χ3n) is 3.73. The summed E-state index contributed by atoms with van der Waals surface area (Å²) in [5.74, 6) is -1.12. The number of unbranched alkanes of at least 4 members (excludes halogenated alkanes) is 5. The maximum atomic E-state index is 12.1. The molecule has 0 bridgehead atoms. The van der Waals surface area contributed by atoms with Crippen molar-refractivity contribution < 1.29 is 19.1 Å². The molecular formula is C19H29NO4. The van der Waals surface area contributed by atoms with Crippen LogP contribution in [0.5, 0.6) is 0 Å². The van der Waals surface area contributed by atoms with Gasteiger partial charge in [0.15, 0.2) is 5.69 Å². The summed E-state index contributed by atoms with van der Waals surface area (Å²) in [6.45, 7) is 6.14. The van der Waals surface area contributed by atoms with Gasteiger partial charge in [0.1, 0.15) is 0 Å². The summed E-state index contributed by atoms with van der Waals surface area (Å²) >= 11 is 0.